The summed E-state index contributed by atoms with van der Waals surface area (Å²) in [5.74, 6) is -0.613. The number of sulfonamides is 1. The minimum absolute atomic E-state index is 0.132. The highest BCUT2D eigenvalue weighted by Crippen LogP contribution is 2.34. The molecule has 1 atom stereocenters. The van der Waals surface area contributed by atoms with Crippen LogP contribution in [-0.2, 0) is 14.8 Å². The Morgan fingerprint density at radius 3 is 2.70 bits per heavy atom. The second kappa shape index (κ2) is 5.34. The van der Waals surface area contributed by atoms with Crippen LogP contribution in [0.25, 0.3) is 0 Å². The second-order valence-electron chi connectivity index (χ2n) is 5.06. The number of aryl methyl sites for hydroxylation is 1. The van der Waals surface area contributed by atoms with Crippen LogP contribution in [0, 0.1) is 12.8 Å². The first-order valence-corrected chi connectivity index (χ1v) is 8.54. The van der Waals surface area contributed by atoms with Crippen molar-refractivity contribution >= 4 is 43.2 Å². The van der Waals surface area contributed by atoms with E-state index in [2.05, 4.69) is 15.9 Å². The molecule has 1 unspecified atom stereocenters. The first-order valence-electron chi connectivity index (χ1n) is 6.04. The topological polar surface area (TPSA) is 106 Å². The van der Waals surface area contributed by atoms with E-state index in [1.54, 1.807) is 6.07 Å². The van der Waals surface area contributed by atoms with Crippen molar-refractivity contribution in [2.75, 3.05) is 22.9 Å². The molecule has 1 aliphatic heterocycles. The van der Waals surface area contributed by atoms with Crippen LogP contribution in [0.2, 0.25) is 0 Å². The third kappa shape index (κ3) is 3.31. The number of primary sulfonamides is 1. The summed E-state index contributed by atoms with van der Waals surface area (Å²) in [6, 6.07) is 3.56. The van der Waals surface area contributed by atoms with Gasteiger partial charge in [-0.05, 0) is 24.6 Å². The number of halogens is 1. The van der Waals surface area contributed by atoms with Crippen LogP contribution < -0.4 is 15.8 Å². The van der Waals surface area contributed by atoms with Crippen molar-refractivity contribution in [3.8, 4) is 0 Å². The summed E-state index contributed by atoms with van der Waals surface area (Å²) in [7, 11) is -3.58. The van der Waals surface area contributed by atoms with Crippen LogP contribution in [-0.4, -0.2) is 26.6 Å². The predicted molar refractivity (Wildman–Crippen MR) is 81.7 cm³/mol. The van der Waals surface area contributed by atoms with Crippen molar-refractivity contribution in [3.63, 3.8) is 0 Å². The van der Waals surface area contributed by atoms with Crippen molar-refractivity contribution in [2.45, 2.75) is 13.3 Å². The van der Waals surface area contributed by atoms with E-state index in [9.17, 15) is 13.2 Å². The van der Waals surface area contributed by atoms with Gasteiger partial charge in [0, 0.05) is 23.4 Å². The van der Waals surface area contributed by atoms with Crippen LogP contribution >= 0.6 is 15.9 Å². The summed E-state index contributed by atoms with van der Waals surface area (Å²) in [6.45, 7) is 2.22. The molecule has 20 heavy (non-hydrogen) atoms. The molecule has 8 heteroatoms. The van der Waals surface area contributed by atoms with Crippen molar-refractivity contribution in [3.05, 3.63) is 22.2 Å². The first-order chi connectivity index (χ1) is 9.17. The van der Waals surface area contributed by atoms with Gasteiger partial charge < -0.3 is 10.6 Å². The van der Waals surface area contributed by atoms with E-state index < -0.39 is 10.0 Å². The third-order valence-electron chi connectivity index (χ3n) is 3.27. The van der Waals surface area contributed by atoms with Gasteiger partial charge in [-0.2, -0.15) is 0 Å². The summed E-state index contributed by atoms with van der Waals surface area (Å²) in [4.78, 5) is 13.6. The Bertz CT molecular complexity index is 660. The fourth-order valence-corrected chi connectivity index (χ4v) is 3.61. The summed E-state index contributed by atoms with van der Waals surface area (Å²) < 4.78 is 23.1. The number of benzene rings is 1. The van der Waals surface area contributed by atoms with Gasteiger partial charge in [-0.1, -0.05) is 15.9 Å². The van der Waals surface area contributed by atoms with E-state index in [4.69, 9.17) is 10.9 Å². The number of hydrogen-bond donors (Lipinski definition) is 2. The van der Waals surface area contributed by atoms with E-state index in [0.717, 1.165) is 10.0 Å². The highest BCUT2D eigenvalue weighted by atomic mass is 79.9. The van der Waals surface area contributed by atoms with E-state index in [-0.39, 0.29) is 24.0 Å². The molecule has 0 spiro atoms. The van der Waals surface area contributed by atoms with E-state index in [0.29, 0.717) is 17.9 Å². The number of carbonyl (C=O) groups excluding carboxylic acids is 1. The highest BCUT2D eigenvalue weighted by Gasteiger charge is 2.33. The molecule has 1 aromatic rings. The largest absolute Gasteiger partial charge is 0.397 e. The molecule has 1 saturated heterocycles. The zero-order chi connectivity index (χ0) is 15.1. The molecule has 0 bridgehead atoms. The molecule has 110 valence electrons. The van der Waals surface area contributed by atoms with Crippen LogP contribution in [0.1, 0.15) is 12.0 Å². The van der Waals surface area contributed by atoms with Gasteiger partial charge in [0.2, 0.25) is 15.9 Å². The van der Waals surface area contributed by atoms with Gasteiger partial charge in [-0.15, -0.1) is 0 Å². The average molecular weight is 362 g/mol. The third-order valence-corrected chi connectivity index (χ3v) is 5.06. The maximum absolute atomic E-state index is 12.0. The summed E-state index contributed by atoms with van der Waals surface area (Å²) >= 11 is 3.38. The van der Waals surface area contributed by atoms with Gasteiger partial charge >= 0.3 is 0 Å². The molecular formula is C12H16BrN3O3S. The molecule has 1 aliphatic rings. The summed E-state index contributed by atoms with van der Waals surface area (Å²) in [5, 5.41) is 5.03. The van der Waals surface area contributed by atoms with Gasteiger partial charge in [0.15, 0.2) is 0 Å². The van der Waals surface area contributed by atoms with Crippen molar-refractivity contribution in [2.24, 2.45) is 11.1 Å². The predicted octanol–water partition coefficient (Wildman–Crippen LogP) is 0.981. The van der Waals surface area contributed by atoms with Gasteiger partial charge in [0.05, 0.1) is 17.1 Å². The number of rotatable bonds is 3. The molecule has 4 N–H and O–H groups in total. The quantitative estimate of drug-likeness (QED) is 0.782. The Hall–Kier alpha value is -1.12. The molecule has 1 heterocycles. The monoisotopic (exact) mass is 361 g/mol. The number of nitrogens with two attached hydrogens (primary N) is 2. The highest BCUT2D eigenvalue weighted by molar-refractivity contribution is 9.10. The van der Waals surface area contributed by atoms with Gasteiger partial charge in [0.25, 0.3) is 0 Å². The Morgan fingerprint density at radius 2 is 2.10 bits per heavy atom. The maximum atomic E-state index is 12.0. The van der Waals surface area contributed by atoms with E-state index in [1.807, 2.05) is 13.0 Å². The lowest BCUT2D eigenvalue weighted by molar-refractivity contribution is -0.117. The fourth-order valence-electron chi connectivity index (χ4n) is 2.37. The zero-order valence-electron chi connectivity index (χ0n) is 11.0. The zero-order valence-corrected chi connectivity index (χ0v) is 13.4. The molecule has 6 nitrogen and oxygen atoms in total. The fraction of sp³-hybridized carbons (Fsp3) is 0.417. The molecule has 0 saturated carbocycles. The molecule has 0 radical (unpaired) electrons. The smallest absolute Gasteiger partial charge is 0.227 e. The Balaban J connectivity index is 2.26. The number of nitrogens with zero attached hydrogens (tertiary/aromatic N) is 1. The lowest BCUT2D eigenvalue weighted by Gasteiger charge is -2.20. The molecule has 1 amide bonds. The molecule has 0 aliphatic carbocycles. The average Bonchev–Trinajstić information content (AvgIpc) is 2.62. The summed E-state index contributed by atoms with van der Waals surface area (Å²) in [6.07, 6.45) is 0.172. The number of hydrogen-bond acceptors (Lipinski definition) is 4. The lowest BCUT2D eigenvalue weighted by atomic mass is 10.1. The number of carbonyl (C=O) groups is 1. The Kier molecular flexibility index (Phi) is 4.08. The number of amides is 1. The molecule has 2 rings (SSSR count). The van der Waals surface area contributed by atoms with Crippen LogP contribution in [0.3, 0.4) is 0 Å². The van der Waals surface area contributed by atoms with Crippen molar-refractivity contribution < 1.29 is 13.2 Å². The first kappa shape index (κ1) is 15.3. The van der Waals surface area contributed by atoms with Crippen molar-refractivity contribution in [1.29, 1.82) is 0 Å². The number of nitrogen functional groups attached to an aromatic ring is 1. The summed E-state index contributed by atoms with van der Waals surface area (Å²) in [5.41, 5.74) is 7.99. The molecule has 0 aromatic heterocycles. The molecule has 1 fully saturated rings. The van der Waals surface area contributed by atoms with Gasteiger partial charge in [-0.3, -0.25) is 4.79 Å². The minimum Gasteiger partial charge on any atom is -0.397 e. The molecule has 1 aromatic carbocycles. The van der Waals surface area contributed by atoms with Crippen LogP contribution in [0.15, 0.2) is 16.6 Å². The van der Waals surface area contributed by atoms with Gasteiger partial charge in [-0.25, -0.2) is 13.6 Å². The Morgan fingerprint density at radius 1 is 1.45 bits per heavy atom. The van der Waals surface area contributed by atoms with E-state index in [1.165, 1.54) is 4.90 Å². The maximum Gasteiger partial charge on any atom is 0.227 e. The Labute approximate surface area is 126 Å². The van der Waals surface area contributed by atoms with Crippen molar-refractivity contribution in [1.82, 2.24) is 0 Å². The lowest BCUT2D eigenvalue weighted by Crippen LogP contribution is -2.28. The second-order valence-corrected chi connectivity index (χ2v) is 7.58. The minimum atomic E-state index is -3.58. The number of anilines is 2. The SMILES string of the molecule is Cc1cc(N2CC(CS(N)(=O)=O)CC2=O)c(N)cc1Br. The van der Waals surface area contributed by atoms with E-state index >= 15 is 0 Å². The van der Waals surface area contributed by atoms with Crippen LogP contribution in [0.5, 0.6) is 0 Å². The molecular weight excluding hydrogens is 346 g/mol. The van der Waals surface area contributed by atoms with Crippen LogP contribution in [0.4, 0.5) is 11.4 Å². The standard InChI is InChI=1S/C12H16BrN3O3S/c1-7-2-11(10(14)4-9(7)13)16-5-8(3-12(16)17)6-20(15,18)19/h2,4,8H,3,5-6,14H2,1H3,(H2,15,18,19). The van der Waals surface area contributed by atoms with Gasteiger partial charge in [0.1, 0.15) is 0 Å². The normalized spacial score (nSPS) is 19.6.